The van der Waals surface area contributed by atoms with Crippen LogP contribution in [0.15, 0.2) is 34.8 Å². The molecule has 0 saturated heterocycles. The highest BCUT2D eigenvalue weighted by Crippen LogP contribution is 2.28. The molecule has 4 heteroatoms. The van der Waals surface area contributed by atoms with Crippen LogP contribution in [0, 0.1) is 13.8 Å². The van der Waals surface area contributed by atoms with Crippen molar-refractivity contribution in [2.24, 2.45) is 0 Å². The molecule has 0 unspecified atom stereocenters. The molecule has 5 N–H and O–H groups in total. The molecule has 0 aliphatic heterocycles. The first kappa shape index (κ1) is 12.8. The van der Waals surface area contributed by atoms with Gasteiger partial charge in [-0.15, -0.1) is 0 Å². The fraction of sp³-hybridized carbons (Fsp3) is 0.143. The second-order valence-electron chi connectivity index (χ2n) is 4.39. The maximum Gasteiger partial charge on any atom is 0.0568 e. The molecule has 0 saturated carbocycles. The molecule has 0 radical (unpaired) electrons. The van der Waals surface area contributed by atoms with Crippen molar-refractivity contribution >= 4 is 38.7 Å². The van der Waals surface area contributed by atoms with Crippen molar-refractivity contribution in [3.05, 3.63) is 45.9 Å². The van der Waals surface area contributed by atoms with E-state index in [1.54, 1.807) is 6.07 Å². The number of hydrogen-bond acceptors (Lipinski definition) is 3. The fourth-order valence-corrected chi connectivity index (χ4v) is 2.07. The zero-order chi connectivity index (χ0) is 13.3. The smallest absolute Gasteiger partial charge is 0.0568 e. The Bertz CT molecular complexity index is 571. The van der Waals surface area contributed by atoms with Gasteiger partial charge in [0.25, 0.3) is 0 Å². The highest BCUT2D eigenvalue weighted by Gasteiger charge is 2.03. The van der Waals surface area contributed by atoms with Crippen molar-refractivity contribution < 1.29 is 0 Å². The van der Waals surface area contributed by atoms with E-state index in [1.165, 1.54) is 11.1 Å². The third-order valence-electron chi connectivity index (χ3n) is 2.81. The number of rotatable bonds is 2. The van der Waals surface area contributed by atoms with Crippen molar-refractivity contribution in [1.29, 1.82) is 0 Å². The largest absolute Gasteiger partial charge is 0.397 e. The fourth-order valence-electron chi connectivity index (χ4n) is 1.84. The minimum Gasteiger partial charge on any atom is -0.397 e. The van der Waals surface area contributed by atoms with Crippen molar-refractivity contribution in [2.75, 3.05) is 16.8 Å². The summed E-state index contributed by atoms with van der Waals surface area (Å²) in [5.74, 6) is 0. The van der Waals surface area contributed by atoms with E-state index in [9.17, 15) is 0 Å². The summed E-state index contributed by atoms with van der Waals surface area (Å²) in [7, 11) is 0. The van der Waals surface area contributed by atoms with Gasteiger partial charge in [-0.1, -0.05) is 15.9 Å². The summed E-state index contributed by atoms with van der Waals surface area (Å²) in [5.41, 5.74) is 17.0. The molecule has 18 heavy (non-hydrogen) atoms. The summed E-state index contributed by atoms with van der Waals surface area (Å²) >= 11 is 3.56. The van der Waals surface area contributed by atoms with Gasteiger partial charge in [0, 0.05) is 15.8 Å². The van der Waals surface area contributed by atoms with E-state index in [-0.39, 0.29) is 0 Å². The van der Waals surface area contributed by atoms with E-state index in [4.69, 9.17) is 11.5 Å². The molecule has 0 fully saturated rings. The lowest BCUT2D eigenvalue weighted by molar-refractivity contribution is 1.33. The van der Waals surface area contributed by atoms with Crippen LogP contribution in [0.3, 0.4) is 0 Å². The van der Waals surface area contributed by atoms with E-state index in [0.717, 1.165) is 15.8 Å². The second kappa shape index (κ2) is 4.90. The SMILES string of the molecule is Cc1cc(Nc2ccc(N)c(N)c2)cc(C)c1Br. The Morgan fingerprint density at radius 3 is 2.06 bits per heavy atom. The molecular weight excluding hydrogens is 290 g/mol. The summed E-state index contributed by atoms with van der Waals surface area (Å²) in [4.78, 5) is 0. The highest BCUT2D eigenvalue weighted by molar-refractivity contribution is 9.10. The average Bonchev–Trinajstić information content (AvgIpc) is 2.31. The topological polar surface area (TPSA) is 64.1 Å². The number of aryl methyl sites for hydroxylation is 2. The van der Waals surface area contributed by atoms with Crippen molar-refractivity contribution in [3.63, 3.8) is 0 Å². The van der Waals surface area contributed by atoms with Crippen molar-refractivity contribution in [1.82, 2.24) is 0 Å². The Balaban J connectivity index is 2.31. The molecule has 0 heterocycles. The lowest BCUT2D eigenvalue weighted by Gasteiger charge is -2.11. The second-order valence-corrected chi connectivity index (χ2v) is 5.19. The van der Waals surface area contributed by atoms with Crippen LogP contribution in [-0.2, 0) is 0 Å². The maximum absolute atomic E-state index is 5.79. The summed E-state index contributed by atoms with van der Waals surface area (Å²) in [6.07, 6.45) is 0. The maximum atomic E-state index is 5.79. The minimum atomic E-state index is 0.588. The average molecular weight is 306 g/mol. The van der Waals surface area contributed by atoms with Crippen molar-refractivity contribution in [3.8, 4) is 0 Å². The lowest BCUT2D eigenvalue weighted by atomic mass is 10.1. The lowest BCUT2D eigenvalue weighted by Crippen LogP contribution is -1.97. The standard InChI is InChI=1S/C14H16BrN3/c1-8-5-11(6-9(2)14(8)15)18-10-3-4-12(16)13(17)7-10/h3-7,18H,16-17H2,1-2H3. The van der Waals surface area contributed by atoms with Gasteiger partial charge in [0.05, 0.1) is 11.4 Å². The van der Waals surface area contributed by atoms with E-state index in [0.29, 0.717) is 11.4 Å². The van der Waals surface area contributed by atoms with Crippen LogP contribution in [0.25, 0.3) is 0 Å². The summed E-state index contributed by atoms with van der Waals surface area (Å²) in [6, 6.07) is 9.73. The number of nitrogens with one attached hydrogen (secondary N) is 1. The monoisotopic (exact) mass is 305 g/mol. The van der Waals surface area contributed by atoms with Crippen LogP contribution in [0.4, 0.5) is 22.7 Å². The first-order valence-corrected chi connectivity index (χ1v) is 6.45. The quantitative estimate of drug-likeness (QED) is 0.735. The van der Waals surface area contributed by atoms with Crippen LogP contribution in [0.5, 0.6) is 0 Å². The first-order chi connectivity index (χ1) is 8.47. The zero-order valence-electron chi connectivity index (χ0n) is 10.4. The normalized spacial score (nSPS) is 10.4. The van der Waals surface area contributed by atoms with Crippen LogP contribution in [0.1, 0.15) is 11.1 Å². The molecule has 2 aromatic carbocycles. The molecule has 3 nitrogen and oxygen atoms in total. The minimum absolute atomic E-state index is 0.588. The number of benzene rings is 2. The Hall–Kier alpha value is -1.68. The van der Waals surface area contributed by atoms with Gasteiger partial charge >= 0.3 is 0 Å². The Morgan fingerprint density at radius 1 is 0.889 bits per heavy atom. The van der Waals surface area contributed by atoms with Gasteiger partial charge in [0.2, 0.25) is 0 Å². The zero-order valence-corrected chi connectivity index (χ0v) is 12.0. The van der Waals surface area contributed by atoms with Gasteiger partial charge < -0.3 is 16.8 Å². The Morgan fingerprint density at radius 2 is 1.50 bits per heavy atom. The van der Waals surface area contributed by atoms with E-state index in [2.05, 4.69) is 47.2 Å². The Labute approximate surface area is 115 Å². The molecule has 0 aromatic heterocycles. The van der Waals surface area contributed by atoms with Gasteiger partial charge in [-0.25, -0.2) is 0 Å². The van der Waals surface area contributed by atoms with Gasteiger partial charge in [0.1, 0.15) is 0 Å². The summed E-state index contributed by atoms with van der Waals surface area (Å²) in [6.45, 7) is 4.14. The number of nitrogen functional groups attached to an aromatic ring is 2. The third-order valence-corrected chi connectivity index (χ3v) is 4.06. The predicted molar refractivity (Wildman–Crippen MR) is 82.2 cm³/mol. The molecular formula is C14H16BrN3. The molecule has 2 aromatic rings. The molecule has 94 valence electrons. The first-order valence-electron chi connectivity index (χ1n) is 5.66. The Kier molecular flexibility index (Phi) is 3.48. The van der Waals surface area contributed by atoms with Gasteiger partial charge in [-0.3, -0.25) is 0 Å². The molecule has 0 atom stereocenters. The predicted octanol–water partition coefficient (Wildman–Crippen LogP) is 3.97. The highest BCUT2D eigenvalue weighted by atomic mass is 79.9. The van der Waals surface area contributed by atoms with Crippen LogP contribution in [0.2, 0.25) is 0 Å². The number of nitrogens with two attached hydrogens (primary N) is 2. The van der Waals surface area contributed by atoms with E-state index >= 15 is 0 Å². The number of hydrogen-bond donors (Lipinski definition) is 3. The van der Waals surface area contributed by atoms with Crippen LogP contribution < -0.4 is 16.8 Å². The summed E-state index contributed by atoms with van der Waals surface area (Å²) in [5, 5.41) is 3.32. The van der Waals surface area contributed by atoms with Gasteiger partial charge in [-0.05, 0) is 55.3 Å². The number of anilines is 4. The van der Waals surface area contributed by atoms with E-state index < -0.39 is 0 Å². The molecule has 0 spiro atoms. The molecule has 0 aliphatic carbocycles. The number of halogens is 1. The van der Waals surface area contributed by atoms with Crippen molar-refractivity contribution in [2.45, 2.75) is 13.8 Å². The molecule has 2 rings (SSSR count). The molecule has 0 aliphatic rings. The van der Waals surface area contributed by atoms with Crippen LogP contribution >= 0.6 is 15.9 Å². The summed E-state index contributed by atoms with van der Waals surface area (Å²) < 4.78 is 1.14. The van der Waals surface area contributed by atoms with Gasteiger partial charge in [0.15, 0.2) is 0 Å². The molecule has 0 amide bonds. The third kappa shape index (κ3) is 2.59. The molecule has 0 bridgehead atoms. The van der Waals surface area contributed by atoms with Crippen LogP contribution in [-0.4, -0.2) is 0 Å². The van der Waals surface area contributed by atoms with Gasteiger partial charge in [-0.2, -0.15) is 0 Å². The van der Waals surface area contributed by atoms with E-state index in [1.807, 2.05) is 12.1 Å².